The number of nitrogen functional groups attached to an aromatic ring is 1. The van der Waals surface area contributed by atoms with Gasteiger partial charge in [-0.05, 0) is 18.2 Å². The van der Waals surface area contributed by atoms with Gasteiger partial charge in [0.25, 0.3) is 0 Å². The molecule has 0 aliphatic carbocycles. The molecule has 3 N–H and O–H groups in total. The summed E-state index contributed by atoms with van der Waals surface area (Å²) in [6.07, 6.45) is -0.173. The molecule has 98 valence electrons. The Morgan fingerprint density at radius 2 is 1.95 bits per heavy atom. The maximum Gasteiger partial charge on any atom is 0.309 e. The standard InChI is InChI=1S/C13H10Cl2N2O2/c14-10-3-1-2-8(12(10)15)9-5-4-7(6-11(18)19)17-13(9)16/h1-5H,6H2,(H2,16,17)(H,18,19). The molecule has 0 fully saturated rings. The fourth-order valence-corrected chi connectivity index (χ4v) is 2.11. The summed E-state index contributed by atoms with van der Waals surface area (Å²) in [5.74, 6) is -0.733. The summed E-state index contributed by atoms with van der Waals surface area (Å²) < 4.78 is 0. The van der Waals surface area contributed by atoms with E-state index in [0.29, 0.717) is 26.9 Å². The van der Waals surface area contributed by atoms with Gasteiger partial charge in [-0.1, -0.05) is 35.3 Å². The van der Waals surface area contributed by atoms with E-state index in [1.54, 1.807) is 30.3 Å². The molecule has 0 spiro atoms. The highest BCUT2D eigenvalue weighted by atomic mass is 35.5. The lowest BCUT2D eigenvalue weighted by atomic mass is 10.1. The summed E-state index contributed by atoms with van der Waals surface area (Å²) >= 11 is 12.1. The van der Waals surface area contributed by atoms with Crippen molar-refractivity contribution in [2.24, 2.45) is 0 Å². The van der Waals surface area contributed by atoms with E-state index in [9.17, 15) is 4.79 Å². The van der Waals surface area contributed by atoms with Gasteiger partial charge in [0.2, 0.25) is 0 Å². The fraction of sp³-hybridized carbons (Fsp3) is 0.0769. The van der Waals surface area contributed by atoms with Crippen molar-refractivity contribution in [2.45, 2.75) is 6.42 Å². The van der Waals surface area contributed by atoms with Crippen LogP contribution in [0.15, 0.2) is 30.3 Å². The predicted molar refractivity (Wildman–Crippen MR) is 75.4 cm³/mol. The monoisotopic (exact) mass is 296 g/mol. The normalized spacial score (nSPS) is 10.4. The minimum absolute atomic E-state index is 0.173. The van der Waals surface area contributed by atoms with Gasteiger partial charge >= 0.3 is 5.97 Å². The molecule has 0 aliphatic heterocycles. The van der Waals surface area contributed by atoms with E-state index in [1.165, 1.54) is 0 Å². The minimum Gasteiger partial charge on any atom is -0.481 e. The second-order valence-corrected chi connectivity index (χ2v) is 4.69. The molecule has 1 aromatic carbocycles. The molecule has 0 atom stereocenters. The van der Waals surface area contributed by atoms with Crippen LogP contribution < -0.4 is 5.73 Å². The number of benzene rings is 1. The molecule has 6 heteroatoms. The second kappa shape index (κ2) is 5.47. The highest BCUT2D eigenvalue weighted by Crippen LogP contribution is 2.35. The number of nitrogens with two attached hydrogens (primary N) is 1. The van der Waals surface area contributed by atoms with Gasteiger partial charge in [0.05, 0.1) is 22.2 Å². The molecule has 0 saturated carbocycles. The average Bonchev–Trinajstić information content (AvgIpc) is 2.33. The Labute approximate surface area is 119 Å². The molecule has 0 radical (unpaired) electrons. The third-order valence-electron chi connectivity index (χ3n) is 2.56. The van der Waals surface area contributed by atoms with Gasteiger partial charge in [0, 0.05) is 11.1 Å². The maximum absolute atomic E-state index is 10.6. The van der Waals surface area contributed by atoms with Gasteiger partial charge in [-0.15, -0.1) is 0 Å². The average molecular weight is 297 g/mol. The number of nitrogens with zero attached hydrogens (tertiary/aromatic N) is 1. The molecule has 4 nitrogen and oxygen atoms in total. The van der Waals surface area contributed by atoms with Gasteiger partial charge in [-0.2, -0.15) is 0 Å². The Bertz CT molecular complexity index is 645. The predicted octanol–water partition coefficient (Wildman–Crippen LogP) is 3.26. The first-order valence-corrected chi connectivity index (χ1v) is 6.16. The molecule has 0 amide bonds. The highest BCUT2D eigenvalue weighted by Gasteiger charge is 2.12. The van der Waals surface area contributed by atoms with E-state index in [-0.39, 0.29) is 12.2 Å². The van der Waals surface area contributed by atoms with Gasteiger partial charge in [0.1, 0.15) is 5.82 Å². The summed E-state index contributed by atoms with van der Waals surface area (Å²) in [6, 6.07) is 8.51. The van der Waals surface area contributed by atoms with Gasteiger partial charge in [0.15, 0.2) is 0 Å². The molecule has 0 saturated heterocycles. The minimum atomic E-state index is -0.958. The number of anilines is 1. The molecule has 2 aromatic rings. The summed E-state index contributed by atoms with van der Waals surface area (Å²) in [5, 5.41) is 9.52. The number of hydrogen-bond acceptors (Lipinski definition) is 3. The Morgan fingerprint density at radius 3 is 2.58 bits per heavy atom. The van der Waals surface area contributed by atoms with E-state index in [4.69, 9.17) is 34.0 Å². The zero-order valence-electron chi connectivity index (χ0n) is 9.73. The van der Waals surface area contributed by atoms with Crippen LogP contribution in [0.3, 0.4) is 0 Å². The largest absolute Gasteiger partial charge is 0.481 e. The summed E-state index contributed by atoms with van der Waals surface area (Å²) in [7, 11) is 0. The van der Waals surface area contributed by atoms with Crippen LogP contribution in [0.2, 0.25) is 10.0 Å². The van der Waals surface area contributed by atoms with Crippen LogP contribution in [0.1, 0.15) is 5.69 Å². The number of rotatable bonds is 3. The van der Waals surface area contributed by atoms with Crippen molar-refractivity contribution in [3.63, 3.8) is 0 Å². The molecule has 0 unspecified atom stereocenters. The SMILES string of the molecule is Nc1nc(CC(=O)O)ccc1-c1cccc(Cl)c1Cl. The summed E-state index contributed by atoms with van der Waals surface area (Å²) in [5.41, 5.74) is 7.53. The van der Waals surface area contributed by atoms with Crippen molar-refractivity contribution >= 4 is 35.0 Å². The van der Waals surface area contributed by atoms with Gasteiger partial charge < -0.3 is 10.8 Å². The number of halogens is 2. The molecule has 2 rings (SSSR count). The molecule has 0 bridgehead atoms. The van der Waals surface area contributed by atoms with Crippen molar-refractivity contribution in [1.29, 1.82) is 0 Å². The Hall–Kier alpha value is -1.78. The third kappa shape index (κ3) is 2.97. The van der Waals surface area contributed by atoms with Crippen molar-refractivity contribution < 1.29 is 9.90 Å². The zero-order valence-corrected chi connectivity index (χ0v) is 11.2. The van der Waals surface area contributed by atoms with Crippen molar-refractivity contribution in [3.8, 4) is 11.1 Å². The smallest absolute Gasteiger partial charge is 0.309 e. The number of carboxylic acids is 1. The van der Waals surface area contributed by atoms with Crippen LogP contribution in [-0.2, 0) is 11.2 Å². The number of hydrogen-bond donors (Lipinski definition) is 2. The van der Waals surface area contributed by atoms with Crippen molar-refractivity contribution in [3.05, 3.63) is 46.1 Å². The summed E-state index contributed by atoms with van der Waals surface area (Å²) in [4.78, 5) is 14.7. The maximum atomic E-state index is 10.6. The molecule has 1 heterocycles. The first kappa shape index (κ1) is 13.6. The topological polar surface area (TPSA) is 76.2 Å². The Kier molecular flexibility index (Phi) is 3.93. The van der Waals surface area contributed by atoms with E-state index >= 15 is 0 Å². The molecule has 1 aromatic heterocycles. The molecule has 0 aliphatic rings. The summed E-state index contributed by atoms with van der Waals surface area (Å²) in [6.45, 7) is 0. The Morgan fingerprint density at radius 1 is 1.21 bits per heavy atom. The van der Waals surface area contributed by atoms with Crippen molar-refractivity contribution in [1.82, 2.24) is 4.98 Å². The van der Waals surface area contributed by atoms with Gasteiger partial charge in [-0.25, -0.2) is 4.98 Å². The molecular weight excluding hydrogens is 287 g/mol. The molecular formula is C13H10Cl2N2O2. The van der Waals surface area contributed by atoms with Crippen LogP contribution >= 0.6 is 23.2 Å². The number of carbonyl (C=O) groups is 1. The van der Waals surface area contributed by atoms with Crippen LogP contribution in [0.5, 0.6) is 0 Å². The van der Waals surface area contributed by atoms with E-state index in [1.807, 2.05) is 0 Å². The van der Waals surface area contributed by atoms with Crippen LogP contribution in [0.4, 0.5) is 5.82 Å². The number of aromatic nitrogens is 1. The lowest BCUT2D eigenvalue weighted by molar-refractivity contribution is -0.136. The van der Waals surface area contributed by atoms with Gasteiger partial charge in [-0.3, -0.25) is 4.79 Å². The fourth-order valence-electron chi connectivity index (χ4n) is 1.71. The first-order chi connectivity index (χ1) is 8.99. The van der Waals surface area contributed by atoms with Crippen LogP contribution in [-0.4, -0.2) is 16.1 Å². The van der Waals surface area contributed by atoms with E-state index in [0.717, 1.165) is 0 Å². The Balaban J connectivity index is 2.46. The van der Waals surface area contributed by atoms with Crippen LogP contribution in [0.25, 0.3) is 11.1 Å². The van der Waals surface area contributed by atoms with Crippen molar-refractivity contribution in [2.75, 3.05) is 5.73 Å². The molecule has 19 heavy (non-hydrogen) atoms. The van der Waals surface area contributed by atoms with Crippen LogP contribution in [0, 0.1) is 0 Å². The highest BCUT2D eigenvalue weighted by molar-refractivity contribution is 6.43. The van der Waals surface area contributed by atoms with E-state index < -0.39 is 5.97 Å². The quantitative estimate of drug-likeness (QED) is 0.911. The zero-order chi connectivity index (χ0) is 14.0. The number of carboxylic acid groups (broad SMARTS) is 1. The third-order valence-corrected chi connectivity index (χ3v) is 3.38. The second-order valence-electron chi connectivity index (χ2n) is 3.91. The number of aliphatic carboxylic acids is 1. The lowest BCUT2D eigenvalue weighted by Gasteiger charge is -2.09. The first-order valence-electron chi connectivity index (χ1n) is 5.40. The van der Waals surface area contributed by atoms with E-state index in [2.05, 4.69) is 4.98 Å². The number of pyridine rings is 1. The lowest BCUT2D eigenvalue weighted by Crippen LogP contribution is -2.05.